The number of benzene rings is 1. The number of halogens is 2. The van der Waals surface area contributed by atoms with Crippen molar-refractivity contribution in [2.45, 2.75) is 19.4 Å². The van der Waals surface area contributed by atoms with E-state index in [9.17, 15) is 4.39 Å². The first-order chi connectivity index (χ1) is 8.36. The van der Waals surface area contributed by atoms with Gasteiger partial charge in [0.05, 0.1) is 27.7 Å². The molecule has 0 amide bonds. The van der Waals surface area contributed by atoms with Crippen LogP contribution >= 0.6 is 28.1 Å². The number of rotatable bonds is 3. The Kier molecular flexibility index (Phi) is 3.62. The van der Waals surface area contributed by atoms with Crippen molar-refractivity contribution in [2.24, 2.45) is 0 Å². The number of nitrogens with one attached hydrogen (secondary N) is 1. The zero-order chi connectivity index (χ0) is 13.5. The maximum atomic E-state index is 13.5. The van der Waals surface area contributed by atoms with Crippen molar-refractivity contribution in [3.05, 3.63) is 27.2 Å². The summed E-state index contributed by atoms with van der Waals surface area (Å²) in [5.74, 6) is -0.310. The number of imidazole rings is 1. The van der Waals surface area contributed by atoms with E-state index in [0.29, 0.717) is 21.4 Å². The molecule has 1 heterocycles. The van der Waals surface area contributed by atoms with E-state index in [1.807, 2.05) is 18.4 Å². The number of methoxy groups -OCH3 is 1. The second kappa shape index (κ2) is 4.75. The molecule has 0 spiro atoms. The first kappa shape index (κ1) is 13.7. The summed E-state index contributed by atoms with van der Waals surface area (Å²) in [4.78, 5) is 3.02. The summed E-state index contributed by atoms with van der Waals surface area (Å²) in [6.07, 6.45) is 0. The van der Waals surface area contributed by atoms with E-state index >= 15 is 0 Å². The lowest BCUT2D eigenvalue weighted by Crippen LogP contribution is -2.31. The van der Waals surface area contributed by atoms with Crippen molar-refractivity contribution in [1.82, 2.24) is 9.55 Å². The SMILES string of the molecule is COCC(C)(C)n1c(=S)[nH]c2cc(F)c(Br)cc21. The summed E-state index contributed by atoms with van der Waals surface area (Å²) >= 11 is 8.51. The predicted molar refractivity (Wildman–Crippen MR) is 76.0 cm³/mol. The lowest BCUT2D eigenvalue weighted by atomic mass is 10.1. The van der Waals surface area contributed by atoms with E-state index in [4.69, 9.17) is 17.0 Å². The van der Waals surface area contributed by atoms with Gasteiger partial charge in [0.2, 0.25) is 0 Å². The Hall–Kier alpha value is -0.720. The highest BCUT2D eigenvalue weighted by atomic mass is 79.9. The van der Waals surface area contributed by atoms with Crippen molar-refractivity contribution in [3.63, 3.8) is 0 Å². The minimum Gasteiger partial charge on any atom is -0.382 e. The number of H-pyrrole nitrogens is 1. The monoisotopic (exact) mass is 332 g/mol. The molecule has 6 heteroatoms. The Labute approximate surface area is 118 Å². The minimum atomic E-state index is -0.310. The molecule has 0 atom stereocenters. The zero-order valence-corrected chi connectivity index (χ0v) is 12.8. The number of aromatic nitrogens is 2. The average Bonchev–Trinajstić information content (AvgIpc) is 2.55. The van der Waals surface area contributed by atoms with Crippen LogP contribution in [0.1, 0.15) is 13.8 Å². The molecular formula is C12H14BrFN2OS. The minimum absolute atomic E-state index is 0.304. The van der Waals surface area contributed by atoms with Gasteiger partial charge in [-0.2, -0.15) is 0 Å². The fourth-order valence-electron chi connectivity index (χ4n) is 2.12. The first-order valence-electron chi connectivity index (χ1n) is 5.46. The zero-order valence-electron chi connectivity index (χ0n) is 10.4. The molecule has 2 aromatic rings. The highest BCUT2D eigenvalue weighted by Crippen LogP contribution is 2.28. The Balaban J connectivity index is 2.75. The van der Waals surface area contributed by atoms with Crippen LogP contribution in [0.5, 0.6) is 0 Å². The van der Waals surface area contributed by atoms with E-state index in [1.54, 1.807) is 13.2 Å². The summed E-state index contributed by atoms with van der Waals surface area (Å²) < 4.78 is 21.7. The van der Waals surface area contributed by atoms with Crippen LogP contribution in [0, 0.1) is 10.6 Å². The smallest absolute Gasteiger partial charge is 0.178 e. The second-order valence-electron chi connectivity index (χ2n) is 4.79. The number of hydrogen-bond acceptors (Lipinski definition) is 2. The molecule has 18 heavy (non-hydrogen) atoms. The Morgan fingerprint density at radius 3 is 2.78 bits per heavy atom. The molecule has 0 radical (unpaired) electrons. The van der Waals surface area contributed by atoms with E-state index in [2.05, 4.69) is 20.9 Å². The summed E-state index contributed by atoms with van der Waals surface area (Å²) in [7, 11) is 1.65. The van der Waals surface area contributed by atoms with Crippen LogP contribution in [-0.4, -0.2) is 23.3 Å². The van der Waals surface area contributed by atoms with Gasteiger partial charge in [0.1, 0.15) is 5.82 Å². The maximum absolute atomic E-state index is 13.5. The van der Waals surface area contributed by atoms with E-state index in [0.717, 1.165) is 5.52 Å². The van der Waals surface area contributed by atoms with Gasteiger partial charge in [-0.1, -0.05) is 0 Å². The lowest BCUT2D eigenvalue weighted by Gasteiger charge is -2.26. The van der Waals surface area contributed by atoms with Crippen LogP contribution in [0.3, 0.4) is 0 Å². The van der Waals surface area contributed by atoms with Crippen LogP contribution in [0.4, 0.5) is 4.39 Å². The van der Waals surface area contributed by atoms with Gasteiger partial charge >= 0.3 is 0 Å². The highest BCUT2D eigenvalue weighted by molar-refractivity contribution is 9.10. The van der Waals surface area contributed by atoms with Gasteiger partial charge in [0.15, 0.2) is 4.77 Å². The molecule has 3 nitrogen and oxygen atoms in total. The topological polar surface area (TPSA) is 29.9 Å². The van der Waals surface area contributed by atoms with Crippen molar-refractivity contribution < 1.29 is 9.13 Å². The molecule has 0 aliphatic carbocycles. The quantitative estimate of drug-likeness (QED) is 0.861. The number of ether oxygens (including phenoxy) is 1. The summed E-state index contributed by atoms with van der Waals surface area (Å²) in [6, 6.07) is 3.17. The largest absolute Gasteiger partial charge is 0.382 e. The molecule has 0 aliphatic heterocycles. The second-order valence-corrected chi connectivity index (χ2v) is 6.04. The first-order valence-corrected chi connectivity index (χ1v) is 6.66. The number of aromatic amines is 1. The fourth-order valence-corrected chi connectivity index (χ4v) is 2.91. The number of nitrogens with zero attached hydrogens (tertiary/aromatic N) is 1. The van der Waals surface area contributed by atoms with Crippen LogP contribution < -0.4 is 0 Å². The molecule has 2 rings (SSSR count). The predicted octanol–water partition coefficient (Wildman–Crippen LogP) is 3.98. The third-order valence-electron chi connectivity index (χ3n) is 2.83. The normalized spacial score (nSPS) is 12.3. The molecule has 0 saturated carbocycles. The fraction of sp³-hybridized carbons (Fsp3) is 0.417. The van der Waals surface area contributed by atoms with E-state index in [1.165, 1.54) is 6.07 Å². The van der Waals surface area contributed by atoms with E-state index < -0.39 is 0 Å². The van der Waals surface area contributed by atoms with Crippen molar-refractivity contribution in [2.75, 3.05) is 13.7 Å². The molecule has 0 fully saturated rings. The van der Waals surface area contributed by atoms with Gasteiger partial charge < -0.3 is 14.3 Å². The highest BCUT2D eigenvalue weighted by Gasteiger charge is 2.24. The Morgan fingerprint density at radius 2 is 2.17 bits per heavy atom. The van der Waals surface area contributed by atoms with Crippen molar-refractivity contribution in [3.8, 4) is 0 Å². The molecule has 0 bridgehead atoms. The van der Waals surface area contributed by atoms with Gasteiger partial charge in [-0.05, 0) is 48.1 Å². The van der Waals surface area contributed by atoms with Crippen LogP contribution in [-0.2, 0) is 10.3 Å². The molecular weight excluding hydrogens is 319 g/mol. The van der Waals surface area contributed by atoms with Crippen LogP contribution in [0.25, 0.3) is 11.0 Å². The average molecular weight is 333 g/mol. The standard InChI is InChI=1S/C12H14BrFN2OS/c1-12(2,6-17-3)16-10-4-7(13)8(14)5-9(10)15-11(16)18/h4-5H,6H2,1-3H3,(H,15,18). The van der Waals surface area contributed by atoms with Gasteiger partial charge in [0.25, 0.3) is 0 Å². The number of fused-ring (bicyclic) bond motifs is 1. The Bertz CT molecular complexity index is 647. The molecule has 1 N–H and O–H groups in total. The Morgan fingerprint density at radius 1 is 1.50 bits per heavy atom. The van der Waals surface area contributed by atoms with Crippen LogP contribution in [0.15, 0.2) is 16.6 Å². The molecule has 1 aromatic carbocycles. The summed E-state index contributed by atoms with van der Waals surface area (Å²) in [5.41, 5.74) is 1.24. The van der Waals surface area contributed by atoms with Gasteiger partial charge in [0, 0.05) is 13.2 Å². The van der Waals surface area contributed by atoms with Gasteiger partial charge in [-0.15, -0.1) is 0 Å². The van der Waals surface area contributed by atoms with Crippen molar-refractivity contribution >= 4 is 39.2 Å². The summed E-state index contributed by atoms with van der Waals surface area (Å²) in [5, 5.41) is 0. The number of hydrogen-bond donors (Lipinski definition) is 1. The van der Waals surface area contributed by atoms with Gasteiger partial charge in [-0.3, -0.25) is 0 Å². The molecule has 1 aromatic heterocycles. The molecule has 0 aliphatic rings. The maximum Gasteiger partial charge on any atom is 0.178 e. The van der Waals surface area contributed by atoms with Crippen LogP contribution in [0.2, 0.25) is 0 Å². The lowest BCUT2D eigenvalue weighted by molar-refractivity contribution is 0.111. The summed E-state index contributed by atoms with van der Waals surface area (Å²) in [6.45, 7) is 4.57. The third-order valence-corrected chi connectivity index (χ3v) is 3.72. The van der Waals surface area contributed by atoms with Gasteiger partial charge in [-0.25, -0.2) is 4.39 Å². The molecule has 0 unspecified atom stereocenters. The van der Waals surface area contributed by atoms with Crippen molar-refractivity contribution in [1.29, 1.82) is 0 Å². The molecule has 0 saturated heterocycles. The third kappa shape index (κ3) is 2.24. The molecule has 98 valence electrons. The van der Waals surface area contributed by atoms with E-state index in [-0.39, 0.29) is 11.4 Å².